The summed E-state index contributed by atoms with van der Waals surface area (Å²) in [4.78, 5) is 33.1. The first kappa shape index (κ1) is 30.2. The molecule has 1 saturated heterocycles. The zero-order chi connectivity index (χ0) is 30.6. The van der Waals surface area contributed by atoms with Crippen molar-refractivity contribution in [2.75, 3.05) is 26.3 Å². The Hall–Kier alpha value is -4.29. The maximum atomic E-state index is 13.9. The van der Waals surface area contributed by atoms with E-state index in [1.54, 1.807) is 18.2 Å². The molecule has 226 valence electrons. The fraction of sp³-hybridized carbons (Fsp3) is 0.355. The van der Waals surface area contributed by atoms with Crippen molar-refractivity contribution in [2.45, 2.75) is 51.3 Å². The number of rotatable bonds is 11. The predicted octanol–water partition coefficient (Wildman–Crippen LogP) is 4.03. The summed E-state index contributed by atoms with van der Waals surface area (Å²) in [6, 6.07) is 12.0. The number of aromatic nitrogens is 4. The lowest BCUT2D eigenvalue weighted by Crippen LogP contribution is -2.40. The topological polar surface area (TPSA) is 147 Å². The third-order valence-electron chi connectivity index (χ3n) is 7.20. The molecule has 0 spiro atoms. The summed E-state index contributed by atoms with van der Waals surface area (Å²) in [6.45, 7) is 6.58. The molecule has 3 heterocycles. The predicted molar refractivity (Wildman–Crippen MR) is 163 cm³/mol. The van der Waals surface area contributed by atoms with Crippen molar-refractivity contribution < 1.29 is 22.7 Å². The second-order valence-corrected chi connectivity index (χ2v) is 12.1. The van der Waals surface area contributed by atoms with E-state index in [0.29, 0.717) is 70.4 Å². The highest BCUT2D eigenvalue weighted by molar-refractivity contribution is 7.89. The van der Waals surface area contributed by atoms with Crippen LogP contribution in [-0.2, 0) is 27.7 Å². The molecule has 0 unspecified atom stereocenters. The molecule has 0 saturated carbocycles. The number of benzene rings is 2. The van der Waals surface area contributed by atoms with E-state index in [-0.39, 0.29) is 42.2 Å². The number of ether oxygens (including phenoxy) is 2. The molecule has 1 aliphatic heterocycles. The molecule has 0 bridgehead atoms. The number of ketones is 1. The monoisotopic (exact) mass is 605 g/mol. The van der Waals surface area contributed by atoms with Crippen LogP contribution in [0.5, 0.6) is 11.5 Å². The van der Waals surface area contributed by atoms with E-state index in [1.165, 1.54) is 10.4 Å². The molecule has 1 aliphatic rings. The molecular weight excluding hydrogens is 570 g/mol. The van der Waals surface area contributed by atoms with Gasteiger partial charge in [0.15, 0.2) is 5.78 Å². The average Bonchev–Trinajstić information content (AvgIpc) is 3.39. The number of para-hydroxylation sites is 1. The SMILES string of the molecule is CCCc1n[nH]c2c(=O)[nH]c(Cc3cc(S(=O)(=O)N4CCC(=O)/C(=C\c5ccccc5OCC)C4)ccc3OCC)nc12. The number of carbonyl (C=O) groups excluding carboxylic acids is 1. The zero-order valence-electron chi connectivity index (χ0n) is 24.5. The van der Waals surface area contributed by atoms with Gasteiger partial charge in [0.1, 0.15) is 28.4 Å². The summed E-state index contributed by atoms with van der Waals surface area (Å²) < 4.78 is 40.6. The van der Waals surface area contributed by atoms with Crippen LogP contribution in [0.25, 0.3) is 17.1 Å². The molecule has 4 aromatic rings. The Morgan fingerprint density at radius 3 is 2.56 bits per heavy atom. The third kappa shape index (κ3) is 6.40. The first-order valence-electron chi connectivity index (χ1n) is 14.4. The third-order valence-corrected chi connectivity index (χ3v) is 9.04. The van der Waals surface area contributed by atoms with Gasteiger partial charge in [-0.05, 0) is 50.6 Å². The van der Waals surface area contributed by atoms with Crippen LogP contribution in [0.15, 0.2) is 57.7 Å². The molecule has 1 fully saturated rings. The van der Waals surface area contributed by atoms with E-state index in [0.717, 1.165) is 6.42 Å². The van der Waals surface area contributed by atoms with Crippen LogP contribution in [0.1, 0.15) is 56.3 Å². The number of nitrogens with zero attached hydrogens (tertiary/aromatic N) is 3. The summed E-state index contributed by atoms with van der Waals surface area (Å²) in [5.74, 6) is 1.39. The van der Waals surface area contributed by atoms with Crippen LogP contribution in [0, 0.1) is 0 Å². The van der Waals surface area contributed by atoms with Crippen molar-refractivity contribution >= 4 is 32.9 Å². The number of fused-ring (bicyclic) bond motifs is 1. The lowest BCUT2D eigenvalue weighted by molar-refractivity contribution is -0.116. The minimum absolute atomic E-state index is 0.0591. The molecule has 2 N–H and O–H groups in total. The summed E-state index contributed by atoms with van der Waals surface area (Å²) in [7, 11) is -3.98. The number of H-pyrrole nitrogens is 2. The number of Topliss-reactive ketones (excluding diaryl/α,β-unsaturated/α-hetero) is 1. The Kier molecular flexibility index (Phi) is 9.07. The summed E-state index contributed by atoms with van der Waals surface area (Å²) in [5.41, 5.74) is 2.84. The second kappa shape index (κ2) is 12.9. The smallest absolute Gasteiger partial charge is 0.276 e. The molecular formula is C31H35N5O6S. The van der Waals surface area contributed by atoms with Gasteiger partial charge in [0, 0.05) is 42.6 Å². The molecule has 2 aromatic carbocycles. The van der Waals surface area contributed by atoms with Crippen LogP contribution in [0.2, 0.25) is 0 Å². The van der Waals surface area contributed by atoms with Gasteiger partial charge in [-0.2, -0.15) is 9.40 Å². The molecule has 0 radical (unpaired) electrons. The molecule has 2 aromatic heterocycles. The molecule has 0 atom stereocenters. The standard InChI is InChI=1S/C31H35N5O6S/c1-4-9-24-29-30(35-34-24)31(38)33-28(32-29)18-21-17-23(12-13-27(21)42-6-3)43(39,40)36-15-14-25(37)22(19-36)16-20-10-7-8-11-26(20)41-5-2/h7-8,10-13,16-17H,4-6,9,14-15,18-19H2,1-3H3,(H,34,35)(H,32,33,38)/b22-16-. The van der Waals surface area contributed by atoms with Gasteiger partial charge in [-0.15, -0.1) is 0 Å². The fourth-order valence-electron chi connectivity index (χ4n) is 5.13. The first-order valence-corrected chi connectivity index (χ1v) is 15.9. The van der Waals surface area contributed by atoms with Gasteiger partial charge in [0.25, 0.3) is 5.56 Å². The van der Waals surface area contributed by atoms with Crippen LogP contribution in [-0.4, -0.2) is 65.0 Å². The first-order chi connectivity index (χ1) is 20.7. The van der Waals surface area contributed by atoms with Gasteiger partial charge in [-0.25, -0.2) is 13.4 Å². The van der Waals surface area contributed by atoms with Crippen molar-refractivity contribution in [3.05, 3.63) is 81.0 Å². The van der Waals surface area contributed by atoms with Crippen molar-refractivity contribution in [1.29, 1.82) is 0 Å². The minimum atomic E-state index is -3.98. The van der Waals surface area contributed by atoms with Crippen LogP contribution >= 0.6 is 0 Å². The Morgan fingerprint density at radius 2 is 1.79 bits per heavy atom. The van der Waals surface area contributed by atoms with Gasteiger partial charge in [0.05, 0.1) is 23.8 Å². The van der Waals surface area contributed by atoms with Crippen LogP contribution < -0.4 is 15.0 Å². The number of aromatic amines is 2. The number of piperidine rings is 1. The summed E-state index contributed by atoms with van der Waals surface area (Å²) in [5, 5.41) is 7.00. The normalized spacial score (nSPS) is 15.3. The number of hydrogen-bond donors (Lipinski definition) is 2. The Labute approximate surface area is 250 Å². The molecule has 0 aliphatic carbocycles. The van der Waals surface area contributed by atoms with Gasteiger partial charge in [-0.3, -0.25) is 14.7 Å². The fourth-order valence-corrected chi connectivity index (χ4v) is 6.60. The van der Waals surface area contributed by atoms with Crippen LogP contribution in [0.3, 0.4) is 0 Å². The Balaban J connectivity index is 1.47. The lowest BCUT2D eigenvalue weighted by atomic mass is 10.0. The highest BCUT2D eigenvalue weighted by Crippen LogP contribution is 2.30. The van der Waals surface area contributed by atoms with Gasteiger partial charge in [0.2, 0.25) is 10.0 Å². The van der Waals surface area contributed by atoms with Gasteiger partial charge in [-0.1, -0.05) is 31.5 Å². The highest BCUT2D eigenvalue weighted by atomic mass is 32.2. The number of carbonyl (C=O) groups is 1. The van der Waals surface area contributed by atoms with Crippen molar-refractivity contribution in [3.8, 4) is 11.5 Å². The van der Waals surface area contributed by atoms with E-state index < -0.39 is 10.0 Å². The molecule has 11 nitrogen and oxygen atoms in total. The number of hydrogen-bond acceptors (Lipinski definition) is 8. The van der Waals surface area contributed by atoms with E-state index in [1.807, 2.05) is 45.0 Å². The van der Waals surface area contributed by atoms with E-state index in [9.17, 15) is 18.0 Å². The van der Waals surface area contributed by atoms with E-state index in [4.69, 9.17) is 9.47 Å². The minimum Gasteiger partial charge on any atom is -0.494 e. The number of sulfonamides is 1. The maximum absolute atomic E-state index is 13.9. The van der Waals surface area contributed by atoms with Crippen molar-refractivity contribution in [1.82, 2.24) is 24.5 Å². The largest absolute Gasteiger partial charge is 0.494 e. The average molecular weight is 606 g/mol. The summed E-state index contributed by atoms with van der Waals surface area (Å²) >= 11 is 0. The van der Waals surface area contributed by atoms with Crippen LogP contribution in [0.4, 0.5) is 0 Å². The van der Waals surface area contributed by atoms with Crippen molar-refractivity contribution in [2.24, 2.45) is 0 Å². The van der Waals surface area contributed by atoms with E-state index in [2.05, 4.69) is 20.2 Å². The van der Waals surface area contributed by atoms with Gasteiger partial charge >= 0.3 is 0 Å². The Morgan fingerprint density at radius 1 is 1.02 bits per heavy atom. The molecule has 5 rings (SSSR count). The Bertz CT molecular complexity index is 1840. The second-order valence-electron chi connectivity index (χ2n) is 10.2. The molecule has 12 heteroatoms. The zero-order valence-corrected chi connectivity index (χ0v) is 25.3. The molecule has 0 amide bonds. The number of aryl methyl sites for hydroxylation is 1. The van der Waals surface area contributed by atoms with Gasteiger partial charge < -0.3 is 14.5 Å². The molecule has 43 heavy (non-hydrogen) atoms. The lowest BCUT2D eigenvalue weighted by Gasteiger charge is -2.27. The summed E-state index contributed by atoms with van der Waals surface area (Å²) in [6.07, 6.45) is 3.43. The maximum Gasteiger partial charge on any atom is 0.276 e. The highest BCUT2D eigenvalue weighted by Gasteiger charge is 2.32. The van der Waals surface area contributed by atoms with E-state index >= 15 is 0 Å². The quantitative estimate of drug-likeness (QED) is 0.244. The number of nitrogens with one attached hydrogen (secondary N) is 2. The van der Waals surface area contributed by atoms with Crippen molar-refractivity contribution in [3.63, 3.8) is 0 Å².